The van der Waals surface area contributed by atoms with Gasteiger partial charge < -0.3 is 4.90 Å². The maximum atomic E-state index is 12.5. The minimum Gasteiger partial charge on any atom is -0.339 e. The molecule has 1 amide bonds. The van der Waals surface area contributed by atoms with Crippen molar-refractivity contribution >= 4 is 5.91 Å². The van der Waals surface area contributed by atoms with Crippen molar-refractivity contribution in [3.8, 4) is 0 Å². The van der Waals surface area contributed by atoms with Crippen molar-refractivity contribution in [3.05, 3.63) is 17.5 Å². The first-order chi connectivity index (χ1) is 8.56. The van der Waals surface area contributed by atoms with Gasteiger partial charge in [0.05, 0.1) is 17.5 Å². The average Bonchev–Trinajstić information content (AvgIpc) is 3.11. The topological polar surface area (TPSA) is 38.1 Å². The van der Waals surface area contributed by atoms with Crippen LogP contribution >= 0.6 is 0 Å². The summed E-state index contributed by atoms with van der Waals surface area (Å²) in [5.41, 5.74) is 1.92. The number of hydrogen-bond acceptors (Lipinski definition) is 2. The van der Waals surface area contributed by atoms with E-state index in [1.54, 1.807) is 6.20 Å². The van der Waals surface area contributed by atoms with Crippen LogP contribution in [0, 0.1) is 0 Å². The minimum atomic E-state index is 0.117. The number of rotatable bonds is 5. The molecule has 4 nitrogen and oxygen atoms in total. The van der Waals surface area contributed by atoms with Crippen molar-refractivity contribution in [2.24, 2.45) is 7.05 Å². The van der Waals surface area contributed by atoms with Gasteiger partial charge in [0.25, 0.3) is 5.91 Å². The molecule has 1 heterocycles. The van der Waals surface area contributed by atoms with Crippen LogP contribution in [-0.2, 0) is 7.05 Å². The van der Waals surface area contributed by atoms with Crippen molar-refractivity contribution in [1.82, 2.24) is 14.7 Å². The number of amides is 1. The Morgan fingerprint density at radius 3 is 2.83 bits per heavy atom. The third kappa shape index (κ3) is 2.42. The van der Waals surface area contributed by atoms with Crippen LogP contribution in [0.25, 0.3) is 0 Å². The van der Waals surface area contributed by atoms with Gasteiger partial charge in [-0.1, -0.05) is 13.3 Å². The van der Waals surface area contributed by atoms with Gasteiger partial charge in [-0.3, -0.25) is 9.48 Å². The average molecular weight is 249 g/mol. The molecule has 1 aliphatic rings. The van der Waals surface area contributed by atoms with E-state index in [0.717, 1.165) is 24.1 Å². The molecule has 0 N–H and O–H groups in total. The van der Waals surface area contributed by atoms with E-state index in [1.807, 2.05) is 23.7 Å². The van der Waals surface area contributed by atoms with Crippen LogP contribution < -0.4 is 0 Å². The lowest BCUT2D eigenvalue weighted by atomic mass is 10.1. The lowest BCUT2D eigenvalue weighted by Crippen LogP contribution is -2.35. The lowest BCUT2D eigenvalue weighted by molar-refractivity contribution is 0.0735. The zero-order chi connectivity index (χ0) is 13.3. The second-order valence-electron chi connectivity index (χ2n) is 5.40. The largest absolute Gasteiger partial charge is 0.339 e. The molecule has 4 heteroatoms. The van der Waals surface area contributed by atoms with Crippen LogP contribution in [0.1, 0.15) is 61.5 Å². The molecule has 0 aromatic carbocycles. The first-order valence-corrected chi connectivity index (χ1v) is 6.85. The molecule has 100 valence electrons. The molecular weight excluding hydrogens is 226 g/mol. The first-order valence-electron chi connectivity index (χ1n) is 6.85. The fourth-order valence-electron chi connectivity index (χ4n) is 2.45. The molecule has 1 saturated carbocycles. The van der Waals surface area contributed by atoms with Crippen LogP contribution in [0.5, 0.6) is 0 Å². The molecule has 1 aromatic heterocycles. The molecule has 1 atom stereocenters. The summed E-state index contributed by atoms with van der Waals surface area (Å²) in [6.07, 6.45) is 6.25. The molecule has 2 rings (SSSR count). The van der Waals surface area contributed by atoms with E-state index in [2.05, 4.69) is 18.9 Å². The zero-order valence-electron chi connectivity index (χ0n) is 11.8. The molecular formula is C14H23N3O. The Balaban J connectivity index is 2.18. The van der Waals surface area contributed by atoms with Gasteiger partial charge in [-0.05, 0) is 26.2 Å². The third-order valence-corrected chi connectivity index (χ3v) is 3.87. The Morgan fingerprint density at radius 2 is 2.28 bits per heavy atom. The van der Waals surface area contributed by atoms with Crippen LogP contribution in [0.4, 0.5) is 0 Å². The predicted octanol–water partition coefficient (Wildman–Crippen LogP) is 2.56. The van der Waals surface area contributed by atoms with Crippen LogP contribution in [-0.4, -0.2) is 33.7 Å². The fraction of sp³-hybridized carbons (Fsp3) is 0.714. The smallest absolute Gasteiger partial charge is 0.257 e. The number of aromatic nitrogens is 2. The number of nitrogens with zero attached hydrogens (tertiary/aromatic N) is 3. The van der Waals surface area contributed by atoms with Gasteiger partial charge in [0.2, 0.25) is 0 Å². The van der Waals surface area contributed by atoms with E-state index in [4.69, 9.17) is 0 Å². The van der Waals surface area contributed by atoms with Gasteiger partial charge in [0.15, 0.2) is 0 Å². The molecule has 0 saturated heterocycles. The van der Waals surface area contributed by atoms with Crippen molar-refractivity contribution in [2.75, 3.05) is 7.05 Å². The van der Waals surface area contributed by atoms with Crippen molar-refractivity contribution in [1.29, 1.82) is 0 Å². The van der Waals surface area contributed by atoms with Crippen LogP contribution in [0.3, 0.4) is 0 Å². The Kier molecular flexibility index (Phi) is 3.73. The Hall–Kier alpha value is -1.32. The lowest BCUT2D eigenvalue weighted by Gasteiger charge is -2.24. The highest BCUT2D eigenvalue weighted by molar-refractivity contribution is 5.95. The second-order valence-corrected chi connectivity index (χ2v) is 5.40. The Labute approximate surface area is 109 Å². The monoisotopic (exact) mass is 249 g/mol. The molecule has 0 radical (unpaired) electrons. The summed E-state index contributed by atoms with van der Waals surface area (Å²) in [7, 11) is 3.83. The van der Waals surface area contributed by atoms with Gasteiger partial charge >= 0.3 is 0 Å². The fourth-order valence-corrected chi connectivity index (χ4v) is 2.45. The molecule has 1 unspecified atom stereocenters. The Bertz CT molecular complexity index is 434. The quantitative estimate of drug-likeness (QED) is 0.804. The Morgan fingerprint density at radius 1 is 1.61 bits per heavy atom. The van der Waals surface area contributed by atoms with Gasteiger partial charge in [-0.2, -0.15) is 5.10 Å². The summed E-state index contributed by atoms with van der Waals surface area (Å²) in [6, 6.07) is 0.287. The van der Waals surface area contributed by atoms with E-state index in [0.29, 0.717) is 5.92 Å². The highest BCUT2D eigenvalue weighted by atomic mass is 16.2. The van der Waals surface area contributed by atoms with E-state index >= 15 is 0 Å². The van der Waals surface area contributed by atoms with E-state index < -0.39 is 0 Å². The molecule has 0 spiro atoms. The maximum Gasteiger partial charge on any atom is 0.257 e. The molecule has 1 aromatic rings. The number of carbonyl (C=O) groups is 1. The molecule has 0 aliphatic heterocycles. The van der Waals surface area contributed by atoms with Crippen LogP contribution in [0.15, 0.2) is 6.20 Å². The van der Waals surface area contributed by atoms with Crippen molar-refractivity contribution < 1.29 is 4.79 Å². The standard InChI is InChI=1S/C14H23N3O/c1-5-6-10(2)16(3)14(18)12-9-15-17(4)13(12)11-7-8-11/h9-11H,5-8H2,1-4H3. The summed E-state index contributed by atoms with van der Waals surface area (Å²) in [5, 5.41) is 4.26. The maximum absolute atomic E-state index is 12.5. The molecule has 1 aliphatic carbocycles. The highest BCUT2D eigenvalue weighted by Gasteiger charge is 2.32. The van der Waals surface area contributed by atoms with Gasteiger partial charge in [-0.25, -0.2) is 0 Å². The van der Waals surface area contributed by atoms with Crippen molar-refractivity contribution in [2.45, 2.75) is 51.5 Å². The van der Waals surface area contributed by atoms with Gasteiger partial charge in [0, 0.05) is 26.1 Å². The third-order valence-electron chi connectivity index (χ3n) is 3.87. The highest BCUT2D eigenvalue weighted by Crippen LogP contribution is 2.41. The molecule has 0 bridgehead atoms. The second kappa shape index (κ2) is 5.12. The van der Waals surface area contributed by atoms with E-state index in [-0.39, 0.29) is 11.9 Å². The number of aryl methyl sites for hydroxylation is 1. The van der Waals surface area contributed by atoms with Gasteiger partial charge in [-0.15, -0.1) is 0 Å². The summed E-state index contributed by atoms with van der Waals surface area (Å²) in [6.45, 7) is 4.25. The zero-order valence-corrected chi connectivity index (χ0v) is 11.8. The summed E-state index contributed by atoms with van der Waals surface area (Å²) in [4.78, 5) is 14.4. The van der Waals surface area contributed by atoms with E-state index in [9.17, 15) is 4.79 Å². The minimum absolute atomic E-state index is 0.117. The molecule has 18 heavy (non-hydrogen) atoms. The normalized spacial score (nSPS) is 16.7. The number of carbonyl (C=O) groups excluding carboxylic acids is 1. The van der Waals surface area contributed by atoms with Crippen LogP contribution in [0.2, 0.25) is 0 Å². The van der Waals surface area contributed by atoms with E-state index in [1.165, 1.54) is 12.8 Å². The van der Waals surface area contributed by atoms with Gasteiger partial charge in [0.1, 0.15) is 0 Å². The SMILES string of the molecule is CCCC(C)N(C)C(=O)c1cnn(C)c1C1CC1. The summed E-state index contributed by atoms with van der Waals surface area (Å²) >= 11 is 0. The first kappa shape index (κ1) is 13.1. The molecule has 1 fully saturated rings. The predicted molar refractivity (Wildman–Crippen MR) is 71.6 cm³/mol. The summed E-state index contributed by atoms with van der Waals surface area (Å²) < 4.78 is 1.86. The summed E-state index contributed by atoms with van der Waals surface area (Å²) in [5.74, 6) is 0.664. The van der Waals surface area contributed by atoms with Crippen molar-refractivity contribution in [3.63, 3.8) is 0 Å². The number of hydrogen-bond donors (Lipinski definition) is 0.